The third-order valence-electron chi connectivity index (χ3n) is 4.68. The second kappa shape index (κ2) is 9.40. The molecule has 2 aromatic carbocycles. The van der Waals surface area contributed by atoms with Crippen LogP contribution in [-0.2, 0) is 12.6 Å². The average Bonchev–Trinajstić information content (AvgIpc) is 2.73. The van der Waals surface area contributed by atoms with Gasteiger partial charge < -0.3 is 10.2 Å². The number of urea groups is 1. The molecule has 0 bridgehead atoms. The van der Waals surface area contributed by atoms with Crippen molar-refractivity contribution < 1.29 is 22.8 Å². The van der Waals surface area contributed by atoms with E-state index in [1.54, 1.807) is 28.8 Å². The van der Waals surface area contributed by atoms with Crippen molar-refractivity contribution in [2.45, 2.75) is 17.8 Å². The topological polar surface area (TPSA) is 87.5 Å². The van der Waals surface area contributed by atoms with Gasteiger partial charge in [0.15, 0.2) is 0 Å². The Morgan fingerprint density at radius 3 is 2.57 bits per heavy atom. The standard InChI is InChI=1S/C20H21F3N4O2S/c21-20(22,23)15-2-1-3-16(11-15)25-19(29)27-8-9-30-17(12-27)10-13-4-6-14(7-5-13)18(28)26-24/h1-7,11,17H,8-10,12,24H2,(H,25,29)(H,26,28). The van der Waals surface area contributed by atoms with Crippen molar-refractivity contribution >= 4 is 29.4 Å². The maximum absolute atomic E-state index is 12.9. The Balaban J connectivity index is 1.59. The molecule has 0 aliphatic carbocycles. The van der Waals surface area contributed by atoms with Gasteiger partial charge in [-0.2, -0.15) is 24.9 Å². The SMILES string of the molecule is NNC(=O)c1ccc(CC2CN(C(=O)Nc3cccc(C(F)(F)F)c3)CCS2)cc1. The molecule has 1 aliphatic heterocycles. The fourth-order valence-electron chi connectivity index (χ4n) is 3.14. The number of rotatable bonds is 4. The van der Waals surface area contributed by atoms with Crippen molar-refractivity contribution in [3.8, 4) is 0 Å². The molecule has 1 saturated heterocycles. The first-order chi connectivity index (χ1) is 14.3. The second-order valence-corrected chi connectivity index (χ2v) is 8.23. The van der Waals surface area contributed by atoms with Crippen LogP contribution in [0.25, 0.3) is 0 Å². The number of thioether (sulfide) groups is 1. The molecule has 0 spiro atoms. The van der Waals surface area contributed by atoms with Crippen LogP contribution in [0.1, 0.15) is 21.5 Å². The third kappa shape index (κ3) is 5.67. The summed E-state index contributed by atoms with van der Waals surface area (Å²) in [5, 5.41) is 2.70. The van der Waals surface area contributed by atoms with Crippen LogP contribution >= 0.6 is 11.8 Å². The number of hydrogen-bond donors (Lipinski definition) is 3. The van der Waals surface area contributed by atoms with E-state index < -0.39 is 17.8 Å². The van der Waals surface area contributed by atoms with Crippen molar-refractivity contribution in [2.75, 3.05) is 24.2 Å². The van der Waals surface area contributed by atoms with Crippen LogP contribution in [-0.4, -0.2) is 40.9 Å². The summed E-state index contributed by atoms with van der Waals surface area (Å²) in [6, 6.07) is 11.2. The van der Waals surface area contributed by atoms with Crippen molar-refractivity contribution in [3.05, 3.63) is 65.2 Å². The van der Waals surface area contributed by atoms with Gasteiger partial charge in [0, 0.05) is 35.3 Å². The van der Waals surface area contributed by atoms with Gasteiger partial charge in [-0.25, -0.2) is 10.6 Å². The first-order valence-corrected chi connectivity index (χ1v) is 10.3. The van der Waals surface area contributed by atoms with Crippen LogP contribution in [0.4, 0.5) is 23.7 Å². The van der Waals surface area contributed by atoms with E-state index in [1.807, 2.05) is 12.1 Å². The van der Waals surface area contributed by atoms with Crippen LogP contribution in [0.2, 0.25) is 0 Å². The minimum atomic E-state index is -4.46. The van der Waals surface area contributed by atoms with E-state index in [1.165, 1.54) is 12.1 Å². The summed E-state index contributed by atoms with van der Waals surface area (Å²) >= 11 is 1.74. The molecular weight excluding hydrogens is 417 g/mol. The van der Waals surface area contributed by atoms with Gasteiger partial charge in [-0.15, -0.1) is 0 Å². The fraction of sp³-hybridized carbons (Fsp3) is 0.300. The molecule has 0 aromatic heterocycles. The van der Waals surface area contributed by atoms with E-state index in [4.69, 9.17) is 5.84 Å². The number of amides is 3. The number of alkyl halides is 3. The molecule has 10 heteroatoms. The number of anilines is 1. The number of nitrogens with two attached hydrogens (primary N) is 1. The number of halogens is 3. The second-order valence-electron chi connectivity index (χ2n) is 6.82. The smallest absolute Gasteiger partial charge is 0.323 e. The highest BCUT2D eigenvalue weighted by Crippen LogP contribution is 2.31. The molecular formula is C20H21F3N4O2S. The maximum Gasteiger partial charge on any atom is 0.416 e. The summed E-state index contributed by atoms with van der Waals surface area (Å²) in [7, 11) is 0. The van der Waals surface area contributed by atoms with E-state index in [9.17, 15) is 22.8 Å². The molecule has 30 heavy (non-hydrogen) atoms. The first kappa shape index (κ1) is 22.0. The Morgan fingerprint density at radius 2 is 1.90 bits per heavy atom. The van der Waals surface area contributed by atoms with Crippen LogP contribution in [0.15, 0.2) is 48.5 Å². The summed E-state index contributed by atoms with van der Waals surface area (Å²) < 4.78 is 38.6. The highest BCUT2D eigenvalue weighted by molar-refractivity contribution is 8.00. The highest BCUT2D eigenvalue weighted by atomic mass is 32.2. The van der Waals surface area contributed by atoms with E-state index in [2.05, 4.69) is 10.7 Å². The molecule has 1 aliphatic rings. The lowest BCUT2D eigenvalue weighted by molar-refractivity contribution is -0.137. The van der Waals surface area contributed by atoms with Crippen molar-refractivity contribution in [3.63, 3.8) is 0 Å². The lowest BCUT2D eigenvalue weighted by atomic mass is 10.1. The van der Waals surface area contributed by atoms with Gasteiger partial charge in [0.25, 0.3) is 5.91 Å². The van der Waals surface area contributed by atoms with Gasteiger partial charge in [-0.1, -0.05) is 18.2 Å². The van der Waals surface area contributed by atoms with Gasteiger partial charge in [0.2, 0.25) is 0 Å². The normalized spacial score (nSPS) is 16.8. The largest absolute Gasteiger partial charge is 0.416 e. The lowest BCUT2D eigenvalue weighted by Crippen LogP contribution is -2.44. The number of benzene rings is 2. The number of nitrogen functional groups attached to an aromatic ring is 1. The Kier molecular flexibility index (Phi) is 6.88. The first-order valence-electron chi connectivity index (χ1n) is 9.21. The summed E-state index contributed by atoms with van der Waals surface area (Å²) in [5.41, 5.74) is 2.85. The minimum Gasteiger partial charge on any atom is -0.323 e. The van der Waals surface area contributed by atoms with Crippen LogP contribution in [0, 0.1) is 0 Å². The molecule has 2 aromatic rings. The molecule has 6 nitrogen and oxygen atoms in total. The van der Waals surface area contributed by atoms with Gasteiger partial charge >= 0.3 is 12.2 Å². The molecule has 160 valence electrons. The lowest BCUT2D eigenvalue weighted by Gasteiger charge is -2.32. The van der Waals surface area contributed by atoms with Crippen LogP contribution in [0.5, 0.6) is 0 Å². The van der Waals surface area contributed by atoms with Crippen molar-refractivity contribution in [2.24, 2.45) is 5.84 Å². The van der Waals surface area contributed by atoms with Crippen LogP contribution in [0.3, 0.4) is 0 Å². The zero-order valence-corrected chi connectivity index (χ0v) is 16.7. The molecule has 1 unspecified atom stereocenters. The number of carbonyl (C=O) groups is 2. The summed E-state index contributed by atoms with van der Waals surface area (Å²) in [6.07, 6.45) is -3.77. The molecule has 3 rings (SSSR count). The van der Waals surface area contributed by atoms with Gasteiger partial charge in [-0.05, 0) is 42.3 Å². The molecule has 1 heterocycles. The van der Waals surface area contributed by atoms with Gasteiger partial charge in [0.1, 0.15) is 0 Å². The molecule has 4 N–H and O–H groups in total. The highest BCUT2D eigenvalue weighted by Gasteiger charge is 2.31. The predicted octanol–water partition coefficient (Wildman–Crippen LogP) is 3.50. The molecule has 0 saturated carbocycles. The Morgan fingerprint density at radius 1 is 1.17 bits per heavy atom. The number of nitrogens with zero attached hydrogens (tertiary/aromatic N) is 1. The van der Waals surface area contributed by atoms with Crippen molar-refractivity contribution in [1.82, 2.24) is 10.3 Å². The molecule has 1 fully saturated rings. The molecule has 1 atom stereocenters. The quantitative estimate of drug-likeness (QED) is 0.387. The summed E-state index contributed by atoms with van der Waals surface area (Å²) in [4.78, 5) is 25.7. The zero-order chi connectivity index (χ0) is 21.7. The Bertz CT molecular complexity index is 906. The Labute approximate surface area is 176 Å². The van der Waals surface area contributed by atoms with Crippen LogP contribution < -0.4 is 16.6 Å². The zero-order valence-electron chi connectivity index (χ0n) is 15.9. The van der Waals surface area contributed by atoms with E-state index in [0.29, 0.717) is 25.1 Å². The van der Waals surface area contributed by atoms with Crippen molar-refractivity contribution in [1.29, 1.82) is 0 Å². The maximum atomic E-state index is 12.9. The molecule has 0 radical (unpaired) electrons. The third-order valence-corrected chi connectivity index (χ3v) is 5.88. The average molecular weight is 438 g/mol. The molecule has 3 amide bonds. The Hall–Kier alpha value is -2.72. The number of hydrogen-bond acceptors (Lipinski definition) is 4. The monoisotopic (exact) mass is 438 g/mol. The van der Waals surface area contributed by atoms with Gasteiger partial charge in [-0.3, -0.25) is 10.2 Å². The minimum absolute atomic E-state index is 0.110. The van der Waals surface area contributed by atoms with E-state index in [-0.39, 0.29) is 16.8 Å². The number of hydrazine groups is 1. The van der Waals surface area contributed by atoms with Gasteiger partial charge in [0.05, 0.1) is 5.56 Å². The van der Waals surface area contributed by atoms with E-state index >= 15 is 0 Å². The predicted molar refractivity (Wildman–Crippen MR) is 110 cm³/mol. The number of carbonyl (C=O) groups excluding carboxylic acids is 2. The van der Waals surface area contributed by atoms with E-state index in [0.717, 1.165) is 23.4 Å². The number of nitrogens with one attached hydrogen (secondary N) is 2. The summed E-state index contributed by atoms with van der Waals surface area (Å²) in [6.45, 7) is 0.988. The fourth-order valence-corrected chi connectivity index (χ4v) is 4.40. The summed E-state index contributed by atoms with van der Waals surface area (Å²) in [5.74, 6) is 5.48.